The van der Waals surface area contributed by atoms with Gasteiger partial charge in [-0.05, 0) is 31.7 Å². The predicted molar refractivity (Wildman–Crippen MR) is 65.9 cm³/mol. The van der Waals surface area contributed by atoms with E-state index in [0.717, 1.165) is 12.8 Å². The Morgan fingerprint density at radius 1 is 1.29 bits per heavy atom. The molecule has 0 unspecified atom stereocenters. The minimum Gasteiger partial charge on any atom is -0.474 e. The Kier molecular flexibility index (Phi) is 4.60. The van der Waals surface area contributed by atoms with Crippen molar-refractivity contribution in [1.82, 2.24) is 4.98 Å². The van der Waals surface area contributed by atoms with Crippen LogP contribution < -0.4 is 4.74 Å². The van der Waals surface area contributed by atoms with Gasteiger partial charge in [-0.2, -0.15) is 0 Å². The molecule has 0 aliphatic heterocycles. The SMILES string of the molecule is Fc1cnc(OC2CCCCCC2)c(CCl)c1. The summed E-state index contributed by atoms with van der Waals surface area (Å²) in [6, 6.07) is 1.39. The second-order valence-corrected chi connectivity index (χ2v) is 4.75. The van der Waals surface area contributed by atoms with Gasteiger partial charge in [-0.15, -0.1) is 11.6 Å². The Labute approximate surface area is 106 Å². The Morgan fingerprint density at radius 2 is 2.00 bits per heavy atom. The van der Waals surface area contributed by atoms with Gasteiger partial charge < -0.3 is 4.74 Å². The molecule has 1 fully saturated rings. The van der Waals surface area contributed by atoms with Gasteiger partial charge in [0.05, 0.1) is 12.1 Å². The maximum atomic E-state index is 13.0. The molecule has 0 saturated heterocycles. The standard InChI is InChI=1S/C13H17ClFNO/c14-8-10-7-11(15)9-16-13(10)17-12-5-3-1-2-4-6-12/h7,9,12H,1-6,8H2. The van der Waals surface area contributed by atoms with Crippen LogP contribution in [0, 0.1) is 5.82 Å². The first kappa shape index (κ1) is 12.6. The van der Waals surface area contributed by atoms with Gasteiger partial charge in [-0.25, -0.2) is 9.37 Å². The number of hydrogen-bond acceptors (Lipinski definition) is 2. The molecule has 0 radical (unpaired) electrons. The van der Waals surface area contributed by atoms with E-state index >= 15 is 0 Å². The number of hydrogen-bond donors (Lipinski definition) is 0. The monoisotopic (exact) mass is 257 g/mol. The van der Waals surface area contributed by atoms with Crippen LogP contribution in [-0.2, 0) is 5.88 Å². The van der Waals surface area contributed by atoms with Crippen molar-refractivity contribution >= 4 is 11.6 Å². The number of aromatic nitrogens is 1. The third kappa shape index (κ3) is 3.56. The largest absolute Gasteiger partial charge is 0.474 e. The normalized spacial score (nSPS) is 17.8. The zero-order valence-corrected chi connectivity index (χ0v) is 10.5. The highest BCUT2D eigenvalue weighted by Crippen LogP contribution is 2.25. The van der Waals surface area contributed by atoms with Gasteiger partial charge in [0, 0.05) is 5.56 Å². The molecule has 17 heavy (non-hydrogen) atoms. The summed E-state index contributed by atoms with van der Waals surface area (Å²) in [6.45, 7) is 0. The number of ether oxygens (including phenoxy) is 1. The van der Waals surface area contributed by atoms with E-state index in [1.807, 2.05) is 0 Å². The fourth-order valence-corrected chi connectivity index (χ4v) is 2.38. The molecule has 0 atom stereocenters. The third-order valence-electron chi connectivity index (χ3n) is 3.12. The molecule has 0 spiro atoms. The molecule has 1 heterocycles. The molecule has 1 aromatic rings. The second-order valence-electron chi connectivity index (χ2n) is 4.48. The Balaban J connectivity index is 2.06. The lowest BCUT2D eigenvalue weighted by Gasteiger charge is -2.17. The van der Waals surface area contributed by atoms with Crippen molar-refractivity contribution in [3.05, 3.63) is 23.6 Å². The summed E-state index contributed by atoms with van der Waals surface area (Å²) < 4.78 is 18.9. The van der Waals surface area contributed by atoms with Gasteiger partial charge in [0.15, 0.2) is 0 Å². The molecule has 1 saturated carbocycles. The molecule has 0 aromatic carbocycles. The summed E-state index contributed by atoms with van der Waals surface area (Å²) in [7, 11) is 0. The van der Waals surface area contributed by atoms with Crippen LogP contribution in [0.4, 0.5) is 4.39 Å². The summed E-state index contributed by atoms with van der Waals surface area (Å²) in [5.74, 6) is 0.356. The molecule has 4 heteroatoms. The third-order valence-corrected chi connectivity index (χ3v) is 3.40. The van der Waals surface area contributed by atoms with Crippen LogP contribution in [0.5, 0.6) is 5.88 Å². The van der Waals surface area contributed by atoms with Crippen LogP contribution in [0.1, 0.15) is 44.1 Å². The maximum absolute atomic E-state index is 13.0. The Hall–Kier alpha value is -0.830. The van der Waals surface area contributed by atoms with Crippen molar-refractivity contribution < 1.29 is 9.13 Å². The fraction of sp³-hybridized carbons (Fsp3) is 0.615. The molecule has 1 aromatic heterocycles. The van der Waals surface area contributed by atoms with E-state index < -0.39 is 0 Å². The van der Waals surface area contributed by atoms with Crippen LogP contribution in [0.15, 0.2) is 12.3 Å². The number of pyridine rings is 1. The predicted octanol–water partition coefficient (Wildman–Crippen LogP) is 4.06. The Morgan fingerprint density at radius 3 is 2.65 bits per heavy atom. The molecule has 1 aliphatic rings. The minimum atomic E-state index is -0.367. The maximum Gasteiger partial charge on any atom is 0.218 e. The smallest absolute Gasteiger partial charge is 0.218 e. The summed E-state index contributed by atoms with van der Waals surface area (Å²) in [5.41, 5.74) is 0.635. The first-order valence-corrected chi connectivity index (χ1v) is 6.70. The van der Waals surface area contributed by atoms with Gasteiger partial charge in [0.25, 0.3) is 0 Å². The van der Waals surface area contributed by atoms with E-state index in [2.05, 4.69) is 4.98 Å². The summed E-state index contributed by atoms with van der Waals surface area (Å²) in [5, 5.41) is 0. The highest BCUT2D eigenvalue weighted by molar-refractivity contribution is 6.17. The summed E-state index contributed by atoms with van der Waals surface area (Å²) in [4.78, 5) is 3.99. The molecular formula is C13H17ClFNO. The number of rotatable bonds is 3. The number of nitrogens with zero attached hydrogens (tertiary/aromatic N) is 1. The zero-order valence-electron chi connectivity index (χ0n) is 9.79. The molecular weight excluding hydrogens is 241 g/mol. The summed E-state index contributed by atoms with van der Waals surface area (Å²) in [6.07, 6.45) is 8.45. The van der Waals surface area contributed by atoms with Crippen LogP contribution >= 0.6 is 11.6 Å². The Bertz CT molecular complexity index is 364. The molecule has 2 rings (SSSR count). The van der Waals surface area contributed by atoms with E-state index in [0.29, 0.717) is 11.4 Å². The minimum absolute atomic E-state index is 0.206. The van der Waals surface area contributed by atoms with Crippen molar-refractivity contribution in [2.24, 2.45) is 0 Å². The van der Waals surface area contributed by atoms with Crippen LogP contribution in [0.2, 0.25) is 0 Å². The zero-order chi connectivity index (χ0) is 12.1. The molecule has 0 bridgehead atoms. The summed E-state index contributed by atoms with van der Waals surface area (Å²) >= 11 is 5.77. The van der Waals surface area contributed by atoms with E-state index in [1.54, 1.807) is 0 Å². The lowest BCUT2D eigenvalue weighted by molar-refractivity contribution is 0.174. The van der Waals surface area contributed by atoms with E-state index in [1.165, 1.54) is 37.9 Å². The first-order chi connectivity index (χ1) is 8.29. The molecule has 2 nitrogen and oxygen atoms in total. The first-order valence-electron chi connectivity index (χ1n) is 6.16. The number of halogens is 2. The van der Waals surface area contributed by atoms with Crippen molar-refractivity contribution in [3.8, 4) is 5.88 Å². The van der Waals surface area contributed by atoms with Gasteiger partial charge in [-0.1, -0.05) is 12.8 Å². The van der Waals surface area contributed by atoms with Gasteiger partial charge in [0.2, 0.25) is 5.88 Å². The average Bonchev–Trinajstić information content (AvgIpc) is 2.60. The van der Waals surface area contributed by atoms with Crippen molar-refractivity contribution in [2.75, 3.05) is 0 Å². The van der Waals surface area contributed by atoms with Crippen LogP contribution in [-0.4, -0.2) is 11.1 Å². The van der Waals surface area contributed by atoms with Crippen molar-refractivity contribution in [2.45, 2.75) is 50.5 Å². The van der Waals surface area contributed by atoms with Crippen LogP contribution in [0.3, 0.4) is 0 Å². The van der Waals surface area contributed by atoms with Gasteiger partial charge in [-0.3, -0.25) is 0 Å². The van der Waals surface area contributed by atoms with E-state index in [9.17, 15) is 4.39 Å². The molecule has 0 N–H and O–H groups in total. The lowest BCUT2D eigenvalue weighted by Crippen LogP contribution is -2.16. The molecule has 1 aliphatic carbocycles. The van der Waals surface area contributed by atoms with Crippen molar-refractivity contribution in [1.29, 1.82) is 0 Å². The van der Waals surface area contributed by atoms with E-state index in [4.69, 9.17) is 16.3 Å². The van der Waals surface area contributed by atoms with Crippen LogP contribution in [0.25, 0.3) is 0 Å². The molecule has 94 valence electrons. The van der Waals surface area contributed by atoms with Gasteiger partial charge in [0.1, 0.15) is 11.9 Å². The highest BCUT2D eigenvalue weighted by Gasteiger charge is 2.16. The lowest BCUT2D eigenvalue weighted by atomic mass is 10.1. The fourth-order valence-electron chi connectivity index (χ4n) is 2.19. The average molecular weight is 258 g/mol. The highest BCUT2D eigenvalue weighted by atomic mass is 35.5. The van der Waals surface area contributed by atoms with Gasteiger partial charge >= 0.3 is 0 Å². The molecule has 0 amide bonds. The second kappa shape index (κ2) is 6.20. The quantitative estimate of drug-likeness (QED) is 0.602. The van der Waals surface area contributed by atoms with E-state index in [-0.39, 0.29) is 17.8 Å². The number of alkyl halides is 1. The van der Waals surface area contributed by atoms with Crippen molar-refractivity contribution in [3.63, 3.8) is 0 Å². The topological polar surface area (TPSA) is 22.1 Å².